The lowest BCUT2D eigenvalue weighted by Crippen LogP contribution is -2.30. The van der Waals surface area contributed by atoms with E-state index in [-0.39, 0.29) is 11.3 Å². The number of carbonyl (C=O) groups excluding carboxylic acids is 2. The van der Waals surface area contributed by atoms with Crippen LogP contribution in [-0.4, -0.2) is 35.4 Å². The highest BCUT2D eigenvalue weighted by Gasteiger charge is 2.45. The van der Waals surface area contributed by atoms with E-state index >= 15 is 0 Å². The monoisotopic (exact) mass is 413 g/mol. The van der Waals surface area contributed by atoms with Crippen molar-refractivity contribution in [3.8, 4) is 5.75 Å². The molecular weight excluding hydrogens is 390 g/mol. The number of Topliss-reactive ketones (excluding diaryl/α,β-unsaturated/α-hetero) is 1. The van der Waals surface area contributed by atoms with E-state index in [4.69, 9.17) is 16.3 Å². The molecule has 1 fully saturated rings. The van der Waals surface area contributed by atoms with Crippen LogP contribution in [0.3, 0.4) is 0 Å². The Kier molecular flexibility index (Phi) is 6.60. The van der Waals surface area contributed by atoms with Crippen molar-refractivity contribution in [3.63, 3.8) is 0 Å². The molecular formula is C23H24ClNO4. The average molecular weight is 414 g/mol. The van der Waals surface area contributed by atoms with Crippen LogP contribution in [0.25, 0.3) is 5.76 Å². The summed E-state index contributed by atoms with van der Waals surface area (Å²) in [6.45, 7) is 2.52. The van der Waals surface area contributed by atoms with Gasteiger partial charge in [-0.25, -0.2) is 0 Å². The van der Waals surface area contributed by atoms with Gasteiger partial charge in [-0.1, -0.05) is 55.6 Å². The molecule has 2 aromatic rings. The quantitative estimate of drug-likeness (QED) is 0.301. The highest BCUT2D eigenvalue weighted by Crippen LogP contribution is 2.40. The summed E-state index contributed by atoms with van der Waals surface area (Å²) >= 11 is 6.05. The number of ketones is 1. The first-order valence-corrected chi connectivity index (χ1v) is 10.0. The Morgan fingerprint density at radius 3 is 2.48 bits per heavy atom. The largest absolute Gasteiger partial charge is 0.507 e. The Morgan fingerprint density at radius 2 is 1.86 bits per heavy atom. The fraction of sp³-hybridized carbons (Fsp3) is 0.304. The number of nitrogens with zero attached hydrogens (tertiary/aromatic N) is 1. The minimum absolute atomic E-state index is 0.0823. The number of carbonyl (C=O) groups is 2. The van der Waals surface area contributed by atoms with E-state index in [0.717, 1.165) is 24.8 Å². The molecule has 1 unspecified atom stereocenters. The van der Waals surface area contributed by atoms with E-state index in [1.165, 1.54) is 0 Å². The number of ether oxygens (including phenoxy) is 1. The molecule has 0 radical (unpaired) electrons. The molecule has 152 valence electrons. The third kappa shape index (κ3) is 4.30. The van der Waals surface area contributed by atoms with Crippen molar-refractivity contribution < 1.29 is 19.4 Å². The maximum atomic E-state index is 12.9. The zero-order valence-corrected chi connectivity index (χ0v) is 17.3. The molecule has 1 amide bonds. The van der Waals surface area contributed by atoms with Gasteiger partial charge in [-0.2, -0.15) is 0 Å². The lowest BCUT2D eigenvalue weighted by atomic mass is 9.95. The first-order chi connectivity index (χ1) is 14.0. The number of aliphatic hydroxyl groups is 1. The summed E-state index contributed by atoms with van der Waals surface area (Å²) < 4.78 is 5.21. The Hall–Kier alpha value is -2.79. The average Bonchev–Trinajstić information content (AvgIpc) is 2.98. The van der Waals surface area contributed by atoms with E-state index in [0.29, 0.717) is 22.9 Å². The highest BCUT2D eigenvalue weighted by atomic mass is 35.5. The normalized spacial score (nSPS) is 18.3. The van der Waals surface area contributed by atoms with E-state index in [9.17, 15) is 14.7 Å². The van der Waals surface area contributed by atoms with Crippen LogP contribution in [0.2, 0.25) is 5.02 Å². The summed E-state index contributed by atoms with van der Waals surface area (Å²) in [6, 6.07) is 13.1. The predicted molar refractivity (Wildman–Crippen MR) is 113 cm³/mol. The lowest BCUT2D eigenvalue weighted by Gasteiger charge is -2.25. The smallest absolute Gasteiger partial charge is 0.295 e. The number of aliphatic hydroxyl groups excluding tert-OH is 1. The molecule has 3 rings (SSSR count). The lowest BCUT2D eigenvalue weighted by molar-refractivity contribution is -0.139. The maximum absolute atomic E-state index is 12.9. The van der Waals surface area contributed by atoms with Crippen LogP contribution in [0.5, 0.6) is 5.75 Å². The van der Waals surface area contributed by atoms with Gasteiger partial charge in [-0.05, 0) is 36.2 Å². The summed E-state index contributed by atoms with van der Waals surface area (Å²) in [5.74, 6) is -0.818. The number of hydrogen-bond donors (Lipinski definition) is 1. The molecule has 2 aromatic carbocycles. The summed E-state index contributed by atoms with van der Waals surface area (Å²) in [6.07, 6.45) is 2.74. The van der Waals surface area contributed by atoms with E-state index in [2.05, 4.69) is 6.92 Å². The first kappa shape index (κ1) is 20.9. The van der Waals surface area contributed by atoms with Crippen LogP contribution in [0.1, 0.15) is 43.4 Å². The van der Waals surface area contributed by atoms with Crippen LogP contribution in [-0.2, 0) is 9.59 Å². The molecule has 1 aliphatic heterocycles. The number of unbranched alkanes of at least 4 members (excludes halogenated alkanes) is 2. The Labute approximate surface area is 175 Å². The predicted octanol–water partition coefficient (Wildman–Crippen LogP) is 4.96. The molecule has 0 spiro atoms. The molecule has 1 atom stereocenters. The van der Waals surface area contributed by atoms with Crippen molar-refractivity contribution in [1.29, 1.82) is 0 Å². The number of rotatable bonds is 7. The third-order valence-electron chi connectivity index (χ3n) is 5.07. The SMILES string of the molecule is CCCCCN1C(=O)C(=O)/C(=C(\O)c2cccc(Cl)c2)C1c1ccc(OC)cc1. The van der Waals surface area contributed by atoms with Gasteiger partial charge in [0.1, 0.15) is 11.5 Å². The van der Waals surface area contributed by atoms with Crippen molar-refractivity contribution in [2.24, 2.45) is 0 Å². The molecule has 0 aliphatic carbocycles. The number of hydrogen-bond acceptors (Lipinski definition) is 4. The second kappa shape index (κ2) is 9.14. The van der Waals surface area contributed by atoms with Crippen molar-refractivity contribution in [2.75, 3.05) is 13.7 Å². The number of halogens is 1. The Balaban J connectivity index is 2.11. The highest BCUT2D eigenvalue weighted by molar-refractivity contribution is 6.46. The van der Waals surface area contributed by atoms with Crippen LogP contribution < -0.4 is 4.74 Å². The van der Waals surface area contributed by atoms with Crippen LogP contribution >= 0.6 is 11.6 Å². The second-order valence-corrected chi connectivity index (χ2v) is 7.42. The van der Waals surface area contributed by atoms with Gasteiger partial charge in [-0.3, -0.25) is 9.59 Å². The fourth-order valence-corrected chi connectivity index (χ4v) is 3.76. The number of methoxy groups -OCH3 is 1. The van der Waals surface area contributed by atoms with Crippen LogP contribution in [0.4, 0.5) is 0 Å². The zero-order valence-electron chi connectivity index (χ0n) is 16.5. The molecule has 1 aliphatic rings. The molecule has 6 heteroatoms. The topological polar surface area (TPSA) is 66.8 Å². The van der Waals surface area contributed by atoms with Gasteiger partial charge < -0.3 is 14.7 Å². The van der Waals surface area contributed by atoms with Gasteiger partial charge in [0.15, 0.2) is 0 Å². The van der Waals surface area contributed by atoms with Gasteiger partial charge in [0.2, 0.25) is 0 Å². The summed E-state index contributed by atoms with van der Waals surface area (Å²) in [7, 11) is 1.57. The van der Waals surface area contributed by atoms with E-state index in [1.54, 1.807) is 48.4 Å². The van der Waals surface area contributed by atoms with Crippen LogP contribution in [0.15, 0.2) is 54.1 Å². The second-order valence-electron chi connectivity index (χ2n) is 6.98. The minimum atomic E-state index is -0.681. The first-order valence-electron chi connectivity index (χ1n) is 9.66. The Bertz CT molecular complexity index is 936. The minimum Gasteiger partial charge on any atom is -0.507 e. The molecule has 1 N–H and O–H groups in total. The summed E-state index contributed by atoms with van der Waals surface area (Å²) in [5.41, 5.74) is 1.23. The molecule has 1 saturated heterocycles. The Morgan fingerprint density at radius 1 is 1.14 bits per heavy atom. The number of likely N-dealkylation sites (tertiary alicyclic amines) is 1. The van der Waals surface area contributed by atoms with Crippen molar-refractivity contribution >= 4 is 29.1 Å². The molecule has 29 heavy (non-hydrogen) atoms. The van der Waals surface area contributed by atoms with Crippen LogP contribution in [0, 0.1) is 0 Å². The van der Waals surface area contributed by atoms with Gasteiger partial charge in [0, 0.05) is 17.1 Å². The van der Waals surface area contributed by atoms with Gasteiger partial charge in [0.05, 0.1) is 18.7 Å². The summed E-state index contributed by atoms with van der Waals surface area (Å²) in [5, 5.41) is 11.4. The van der Waals surface area contributed by atoms with Crippen molar-refractivity contribution in [1.82, 2.24) is 4.90 Å². The molecule has 0 bridgehead atoms. The van der Waals surface area contributed by atoms with Crippen molar-refractivity contribution in [3.05, 3.63) is 70.3 Å². The molecule has 0 saturated carbocycles. The van der Waals surface area contributed by atoms with Gasteiger partial charge in [0.25, 0.3) is 11.7 Å². The van der Waals surface area contributed by atoms with Crippen molar-refractivity contribution in [2.45, 2.75) is 32.2 Å². The number of amides is 1. The molecule has 1 heterocycles. The maximum Gasteiger partial charge on any atom is 0.295 e. The van der Waals surface area contributed by atoms with E-state index in [1.807, 2.05) is 12.1 Å². The van der Waals surface area contributed by atoms with E-state index < -0.39 is 17.7 Å². The molecule has 0 aromatic heterocycles. The molecule has 5 nitrogen and oxygen atoms in total. The van der Waals surface area contributed by atoms with Gasteiger partial charge in [-0.15, -0.1) is 0 Å². The third-order valence-corrected chi connectivity index (χ3v) is 5.31. The standard InChI is InChI=1S/C23H24ClNO4/c1-3-4-5-13-25-20(15-9-11-18(29-2)12-10-15)19(22(27)23(25)28)21(26)16-7-6-8-17(24)14-16/h6-12,14,20,26H,3-5,13H2,1-2H3/b21-19-. The zero-order chi connectivity index (χ0) is 21.0. The fourth-order valence-electron chi connectivity index (χ4n) is 3.57. The number of benzene rings is 2. The summed E-state index contributed by atoms with van der Waals surface area (Å²) in [4.78, 5) is 27.2. The van der Waals surface area contributed by atoms with Gasteiger partial charge >= 0.3 is 0 Å².